The molecular weight excluding hydrogens is 238 g/mol. The predicted molar refractivity (Wildman–Crippen MR) is 58.7 cm³/mol. The van der Waals surface area contributed by atoms with Crippen molar-refractivity contribution in [1.82, 2.24) is 19.9 Å². The number of nitrogens with one attached hydrogen (secondary N) is 2. The number of H-pyrrole nitrogens is 1. The molecule has 0 saturated carbocycles. The van der Waals surface area contributed by atoms with Crippen LogP contribution < -0.4 is 10.5 Å². The Labute approximate surface area is 92.5 Å². The Morgan fingerprint density at radius 3 is 2.93 bits per heavy atom. The molecule has 0 radical (unpaired) electrons. The van der Waals surface area contributed by atoms with Crippen molar-refractivity contribution in [3.63, 3.8) is 0 Å². The van der Waals surface area contributed by atoms with Gasteiger partial charge in [0.2, 0.25) is 10.0 Å². The molecule has 0 aliphatic rings. The standard InChI is InChI=1S/C6H11N5O2S2/c7-5(14)3-15(12,13)10-2-1-6-8-4-9-11-6/h4,10H,1-3H2,(H2,7,14)(H,8,9,11). The maximum absolute atomic E-state index is 11.2. The Bertz CT molecular complexity index is 413. The summed E-state index contributed by atoms with van der Waals surface area (Å²) in [4.78, 5) is 3.79. The SMILES string of the molecule is NC(=S)CS(=O)(=O)NCCc1ncn[nH]1. The molecule has 0 aliphatic carbocycles. The summed E-state index contributed by atoms with van der Waals surface area (Å²) in [6, 6.07) is 0. The fourth-order valence-electron chi connectivity index (χ4n) is 0.915. The second-order valence-electron chi connectivity index (χ2n) is 2.80. The van der Waals surface area contributed by atoms with Crippen molar-refractivity contribution in [2.45, 2.75) is 6.42 Å². The molecule has 15 heavy (non-hydrogen) atoms. The number of hydrogen-bond acceptors (Lipinski definition) is 5. The summed E-state index contributed by atoms with van der Waals surface area (Å²) in [6.45, 7) is 0.236. The van der Waals surface area contributed by atoms with Crippen molar-refractivity contribution in [3.8, 4) is 0 Å². The number of sulfonamides is 1. The highest BCUT2D eigenvalue weighted by Gasteiger charge is 2.10. The second kappa shape index (κ2) is 5.14. The van der Waals surface area contributed by atoms with Gasteiger partial charge in [0.1, 0.15) is 17.9 Å². The first-order valence-corrected chi connectivity index (χ1v) is 6.15. The minimum atomic E-state index is -3.41. The largest absolute Gasteiger partial charge is 0.392 e. The van der Waals surface area contributed by atoms with E-state index in [0.717, 1.165) is 0 Å². The lowest BCUT2D eigenvalue weighted by molar-refractivity contribution is 0.585. The summed E-state index contributed by atoms with van der Waals surface area (Å²) in [5.41, 5.74) is 5.13. The molecular formula is C6H11N5O2S2. The molecule has 0 bridgehead atoms. The maximum Gasteiger partial charge on any atom is 0.218 e. The van der Waals surface area contributed by atoms with E-state index in [1.54, 1.807) is 0 Å². The Balaban J connectivity index is 2.34. The smallest absolute Gasteiger partial charge is 0.218 e. The molecule has 0 aromatic carbocycles. The zero-order valence-electron chi connectivity index (χ0n) is 7.80. The van der Waals surface area contributed by atoms with Crippen LogP contribution in [0.5, 0.6) is 0 Å². The highest BCUT2D eigenvalue weighted by Crippen LogP contribution is 1.89. The van der Waals surface area contributed by atoms with Crippen LogP contribution in [0.1, 0.15) is 5.82 Å². The zero-order chi connectivity index (χ0) is 11.3. The van der Waals surface area contributed by atoms with E-state index < -0.39 is 10.0 Å². The first-order valence-electron chi connectivity index (χ1n) is 4.09. The average Bonchev–Trinajstić information content (AvgIpc) is 2.53. The van der Waals surface area contributed by atoms with Gasteiger partial charge in [0.05, 0.1) is 4.99 Å². The third-order valence-corrected chi connectivity index (χ3v) is 3.14. The van der Waals surface area contributed by atoms with Gasteiger partial charge in [-0.05, 0) is 0 Å². The van der Waals surface area contributed by atoms with Crippen LogP contribution in [0, 0.1) is 0 Å². The molecule has 0 saturated heterocycles. The summed E-state index contributed by atoms with van der Waals surface area (Å²) < 4.78 is 24.8. The van der Waals surface area contributed by atoms with Crippen LogP contribution in [-0.4, -0.2) is 40.9 Å². The van der Waals surface area contributed by atoms with Crippen LogP contribution >= 0.6 is 12.2 Å². The maximum atomic E-state index is 11.2. The summed E-state index contributed by atoms with van der Waals surface area (Å²) in [5.74, 6) is 0.284. The number of thiocarbonyl (C=S) groups is 1. The van der Waals surface area contributed by atoms with Crippen molar-refractivity contribution in [3.05, 3.63) is 12.2 Å². The molecule has 1 heterocycles. The first kappa shape index (κ1) is 12.0. The highest BCUT2D eigenvalue weighted by molar-refractivity contribution is 7.92. The number of aromatic amines is 1. The molecule has 1 rings (SSSR count). The van der Waals surface area contributed by atoms with E-state index in [-0.39, 0.29) is 17.3 Å². The fourth-order valence-corrected chi connectivity index (χ4v) is 2.27. The van der Waals surface area contributed by atoms with E-state index in [9.17, 15) is 8.42 Å². The minimum Gasteiger partial charge on any atom is -0.392 e. The number of nitrogens with two attached hydrogens (primary N) is 1. The van der Waals surface area contributed by atoms with Gasteiger partial charge in [0.25, 0.3) is 0 Å². The highest BCUT2D eigenvalue weighted by atomic mass is 32.2. The van der Waals surface area contributed by atoms with E-state index in [4.69, 9.17) is 5.73 Å². The lowest BCUT2D eigenvalue weighted by atomic mass is 10.4. The van der Waals surface area contributed by atoms with Gasteiger partial charge >= 0.3 is 0 Å². The third kappa shape index (κ3) is 4.81. The molecule has 7 nitrogen and oxygen atoms in total. The molecule has 0 aliphatic heterocycles. The number of hydrogen-bond donors (Lipinski definition) is 3. The van der Waals surface area contributed by atoms with Crippen molar-refractivity contribution >= 4 is 27.2 Å². The molecule has 4 N–H and O–H groups in total. The van der Waals surface area contributed by atoms with Crippen molar-refractivity contribution in [2.24, 2.45) is 5.73 Å². The van der Waals surface area contributed by atoms with Crippen molar-refractivity contribution in [2.75, 3.05) is 12.3 Å². The monoisotopic (exact) mass is 249 g/mol. The van der Waals surface area contributed by atoms with Crippen molar-refractivity contribution in [1.29, 1.82) is 0 Å². The van der Waals surface area contributed by atoms with Gasteiger partial charge in [-0.1, -0.05) is 12.2 Å². The summed E-state index contributed by atoms with van der Waals surface area (Å²) in [5, 5.41) is 6.25. The number of aromatic nitrogens is 3. The van der Waals surface area contributed by atoms with E-state index in [2.05, 4.69) is 32.1 Å². The summed E-state index contributed by atoms with van der Waals surface area (Å²) in [7, 11) is -3.41. The van der Waals surface area contributed by atoms with Gasteiger partial charge in [-0.2, -0.15) is 5.10 Å². The van der Waals surface area contributed by atoms with E-state index >= 15 is 0 Å². The second-order valence-corrected chi connectivity index (χ2v) is 5.13. The molecule has 0 fully saturated rings. The zero-order valence-corrected chi connectivity index (χ0v) is 9.44. The van der Waals surface area contributed by atoms with Gasteiger partial charge in [-0.3, -0.25) is 5.10 Å². The molecule has 0 spiro atoms. The van der Waals surface area contributed by atoms with E-state index in [1.807, 2.05) is 0 Å². The molecule has 0 atom stereocenters. The van der Waals surface area contributed by atoms with Crippen LogP contribution in [0.4, 0.5) is 0 Å². The Morgan fingerprint density at radius 1 is 1.67 bits per heavy atom. The Morgan fingerprint density at radius 2 is 2.40 bits per heavy atom. The summed E-state index contributed by atoms with van der Waals surface area (Å²) >= 11 is 4.50. The molecule has 0 amide bonds. The first-order chi connectivity index (χ1) is 6.99. The van der Waals surface area contributed by atoms with Crippen LogP contribution in [0.15, 0.2) is 6.33 Å². The Hall–Kier alpha value is -1.06. The molecule has 0 unspecified atom stereocenters. The number of nitrogens with zero attached hydrogens (tertiary/aromatic N) is 2. The minimum absolute atomic E-state index is 0.0536. The van der Waals surface area contributed by atoms with Gasteiger partial charge in [0, 0.05) is 13.0 Å². The lowest BCUT2D eigenvalue weighted by Crippen LogP contribution is -2.33. The van der Waals surface area contributed by atoms with Gasteiger partial charge < -0.3 is 5.73 Å². The molecule has 1 aromatic heterocycles. The van der Waals surface area contributed by atoms with Crippen LogP contribution in [-0.2, 0) is 16.4 Å². The molecule has 9 heteroatoms. The number of rotatable bonds is 6. The normalized spacial score (nSPS) is 11.5. The van der Waals surface area contributed by atoms with E-state index in [1.165, 1.54) is 6.33 Å². The van der Waals surface area contributed by atoms with Crippen LogP contribution in [0.3, 0.4) is 0 Å². The fraction of sp³-hybridized carbons (Fsp3) is 0.500. The Kier molecular flexibility index (Phi) is 4.12. The van der Waals surface area contributed by atoms with Crippen LogP contribution in [0.2, 0.25) is 0 Å². The van der Waals surface area contributed by atoms with Gasteiger partial charge in [0.15, 0.2) is 0 Å². The third-order valence-electron chi connectivity index (χ3n) is 1.48. The van der Waals surface area contributed by atoms with Gasteiger partial charge in [-0.15, -0.1) is 0 Å². The predicted octanol–water partition coefficient (Wildman–Crippen LogP) is -1.45. The van der Waals surface area contributed by atoms with E-state index in [0.29, 0.717) is 12.2 Å². The quantitative estimate of drug-likeness (QED) is 0.532. The molecule has 1 aromatic rings. The van der Waals surface area contributed by atoms with Crippen LogP contribution in [0.25, 0.3) is 0 Å². The summed E-state index contributed by atoms with van der Waals surface area (Å²) in [6.07, 6.45) is 1.80. The van der Waals surface area contributed by atoms with Crippen molar-refractivity contribution < 1.29 is 8.42 Å². The average molecular weight is 249 g/mol. The lowest BCUT2D eigenvalue weighted by Gasteiger charge is -2.03. The van der Waals surface area contributed by atoms with Gasteiger partial charge in [-0.25, -0.2) is 18.1 Å². The molecule has 84 valence electrons. The topological polar surface area (TPSA) is 114 Å².